The van der Waals surface area contributed by atoms with Gasteiger partial charge >= 0.3 is 0 Å². The van der Waals surface area contributed by atoms with Crippen LogP contribution in [0.1, 0.15) is 0 Å². The number of benzene rings is 2. The maximum Gasteiger partial charge on any atom is 0.211 e. The molecule has 30 heavy (non-hydrogen) atoms. The Labute approximate surface area is 173 Å². The molecule has 1 aromatic heterocycles. The van der Waals surface area contributed by atoms with Gasteiger partial charge in [-0.15, -0.1) is 0 Å². The number of nitrogens with zero attached hydrogens (tertiary/aromatic N) is 2. The number of hydrogen-bond donors (Lipinski definition) is 2. The molecule has 4 rings (SSSR count). The lowest BCUT2D eigenvalue weighted by Crippen LogP contribution is -2.38. The third kappa shape index (κ3) is 4.84. The van der Waals surface area contributed by atoms with Crippen molar-refractivity contribution in [2.24, 2.45) is 0 Å². The number of morpholine rings is 1. The third-order valence-electron chi connectivity index (χ3n) is 4.99. The lowest BCUT2D eigenvalue weighted by Gasteiger charge is -2.26. The van der Waals surface area contributed by atoms with Crippen LogP contribution < -0.4 is 10.1 Å². The van der Waals surface area contributed by atoms with Gasteiger partial charge in [0.15, 0.2) is 0 Å². The standard InChI is InChI=1S/C22H23FN4O3/c23-20-13-17(24-15-28)3-6-19(20)22-14-21(25-26-22)16-1-4-18(5-2-16)30-12-9-27-7-10-29-11-8-27/h1-6,13-15H,7-12H2,(H,24,28)(H,25,26). The Hall–Kier alpha value is -3.23. The van der Waals surface area contributed by atoms with Crippen molar-refractivity contribution in [1.29, 1.82) is 0 Å². The summed E-state index contributed by atoms with van der Waals surface area (Å²) in [6.45, 7) is 4.96. The number of amides is 1. The average Bonchev–Trinajstić information content (AvgIpc) is 3.25. The first kappa shape index (κ1) is 20.1. The summed E-state index contributed by atoms with van der Waals surface area (Å²) >= 11 is 0. The Morgan fingerprint density at radius 1 is 1.17 bits per heavy atom. The molecule has 2 heterocycles. The van der Waals surface area contributed by atoms with Gasteiger partial charge in [0.25, 0.3) is 0 Å². The molecule has 1 aliphatic heterocycles. The van der Waals surface area contributed by atoms with Gasteiger partial charge in [0, 0.05) is 30.9 Å². The SMILES string of the molecule is O=CNc1ccc(-c2cc(-c3ccc(OCCN4CCOCC4)cc3)[nH]n2)c(F)c1. The molecule has 1 fully saturated rings. The Morgan fingerprint density at radius 2 is 1.97 bits per heavy atom. The largest absolute Gasteiger partial charge is 0.492 e. The fourth-order valence-corrected chi connectivity index (χ4v) is 3.34. The number of hydrogen-bond acceptors (Lipinski definition) is 5. The molecule has 0 bridgehead atoms. The fourth-order valence-electron chi connectivity index (χ4n) is 3.34. The normalized spacial score (nSPS) is 14.4. The van der Waals surface area contributed by atoms with Gasteiger partial charge in [-0.1, -0.05) is 0 Å². The highest BCUT2D eigenvalue weighted by atomic mass is 19.1. The van der Waals surface area contributed by atoms with Crippen LogP contribution in [0.25, 0.3) is 22.5 Å². The Kier molecular flexibility index (Phi) is 6.36. The van der Waals surface area contributed by atoms with E-state index in [-0.39, 0.29) is 0 Å². The Morgan fingerprint density at radius 3 is 2.70 bits per heavy atom. The van der Waals surface area contributed by atoms with Gasteiger partial charge in [0.1, 0.15) is 18.2 Å². The highest BCUT2D eigenvalue weighted by molar-refractivity contribution is 5.74. The summed E-state index contributed by atoms with van der Waals surface area (Å²) < 4.78 is 25.5. The second-order valence-electron chi connectivity index (χ2n) is 6.95. The van der Waals surface area contributed by atoms with Gasteiger partial charge in [-0.3, -0.25) is 14.8 Å². The van der Waals surface area contributed by atoms with Crippen molar-refractivity contribution in [3.63, 3.8) is 0 Å². The number of aromatic nitrogens is 2. The molecule has 0 spiro atoms. The van der Waals surface area contributed by atoms with Crippen LogP contribution >= 0.6 is 0 Å². The van der Waals surface area contributed by atoms with Gasteiger partial charge in [-0.2, -0.15) is 5.10 Å². The first-order valence-electron chi connectivity index (χ1n) is 9.82. The summed E-state index contributed by atoms with van der Waals surface area (Å²) in [5.41, 5.74) is 2.95. The quantitative estimate of drug-likeness (QED) is 0.558. The van der Waals surface area contributed by atoms with Crippen LogP contribution in [-0.4, -0.2) is 61.0 Å². The Balaban J connectivity index is 1.38. The van der Waals surface area contributed by atoms with Crippen molar-refractivity contribution in [2.45, 2.75) is 0 Å². The second-order valence-corrected chi connectivity index (χ2v) is 6.95. The molecule has 1 amide bonds. The number of carbonyl (C=O) groups is 1. The zero-order valence-electron chi connectivity index (χ0n) is 16.4. The smallest absolute Gasteiger partial charge is 0.211 e. The number of anilines is 1. The summed E-state index contributed by atoms with van der Waals surface area (Å²) in [6.07, 6.45) is 0.511. The molecular formula is C22H23FN4O3. The van der Waals surface area contributed by atoms with Gasteiger partial charge < -0.3 is 14.8 Å². The summed E-state index contributed by atoms with van der Waals surface area (Å²) in [7, 11) is 0. The topological polar surface area (TPSA) is 79.5 Å². The molecule has 1 aliphatic rings. The maximum absolute atomic E-state index is 14.3. The van der Waals surface area contributed by atoms with Crippen LogP contribution in [0.3, 0.4) is 0 Å². The van der Waals surface area contributed by atoms with Crippen LogP contribution in [0.15, 0.2) is 48.5 Å². The van der Waals surface area contributed by atoms with Crippen molar-refractivity contribution < 1.29 is 18.7 Å². The highest BCUT2D eigenvalue weighted by Crippen LogP contribution is 2.28. The molecule has 0 unspecified atom stereocenters. The molecule has 7 nitrogen and oxygen atoms in total. The molecular weight excluding hydrogens is 387 g/mol. The third-order valence-corrected chi connectivity index (χ3v) is 4.99. The molecule has 0 radical (unpaired) electrons. The maximum atomic E-state index is 14.3. The zero-order chi connectivity index (χ0) is 20.8. The number of rotatable bonds is 8. The number of halogens is 1. The number of nitrogens with one attached hydrogen (secondary N) is 2. The lowest BCUT2D eigenvalue weighted by atomic mass is 10.1. The van der Waals surface area contributed by atoms with E-state index in [0.717, 1.165) is 49.9 Å². The van der Waals surface area contributed by atoms with E-state index in [2.05, 4.69) is 20.4 Å². The minimum atomic E-state index is -0.455. The number of carbonyl (C=O) groups excluding carboxylic acids is 1. The van der Waals surface area contributed by atoms with Gasteiger partial charge in [0.05, 0.1) is 24.6 Å². The van der Waals surface area contributed by atoms with Crippen LogP contribution in [0.2, 0.25) is 0 Å². The van der Waals surface area contributed by atoms with Gasteiger partial charge in [0.2, 0.25) is 6.41 Å². The van der Waals surface area contributed by atoms with E-state index in [1.807, 2.05) is 24.3 Å². The summed E-state index contributed by atoms with van der Waals surface area (Å²) in [5.74, 6) is 0.347. The molecule has 3 aromatic rings. The van der Waals surface area contributed by atoms with Crippen LogP contribution in [0.4, 0.5) is 10.1 Å². The van der Waals surface area contributed by atoms with Crippen molar-refractivity contribution in [2.75, 3.05) is 44.8 Å². The molecule has 156 valence electrons. The predicted octanol–water partition coefficient (Wildman–Crippen LogP) is 3.16. The van der Waals surface area contributed by atoms with E-state index in [1.54, 1.807) is 18.2 Å². The number of H-pyrrole nitrogens is 1. The molecule has 0 atom stereocenters. The van der Waals surface area contributed by atoms with E-state index in [0.29, 0.717) is 30.0 Å². The fraction of sp³-hybridized carbons (Fsp3) is 0.273. The molecule has 2 aromatic carbocycles. The first-order valence-corrected chi connectivity index (χ1v) is 9.82. The first-order chi connectivity index (χ1) is 14.7. The minimum absolute atomic E-state index is 0.358. The van der Waals surface area contributed by atoms with Gasteiger partial charge in [-0.25, -0.2) is 4.39 Å². The average molecular weight is 410 g/mol. The molecule has 1 saturated heterocycles. The summed E-state index contributed by atoms with van der Waals surface area (Å²) in [6, 6.07) is 14.0. The van der Waals surface area contributed by atoms with Crippen molar-refractivity contribution in [1.82, 2.24) is 15.1 Å². The van der Waals surface area contributed by atoms with Crippen molar-refractivity contribution >= 4 is 12.1 Å². The van der Waals surface area contributed by atoms with Crippen LogP contribution in [0.5, 0.6) is 5.75 Å². The molecule has 0 saturated carbocycles. The van der Waals surface area contributed by atoms with Crippen LogP contribution in [-0.2, 0) is 9.53 Å². The minimum Gasteiger partial charge on any atom is -0.492 e. The molecule has 2 N–H and O–H groups in total. The lowest BCUT2D eigenvalue weighted by molar-refractivity contribution is -0.105. The van der Waals surface area contributed by atoms with E-state index in [1.165, 1.54) is 6.07 Å². The second kappa shape index (κ2) is 9.51. The van der Waals surface area contributed by atoms with E-state index < -0.39 is 5.82 Å². The van der Waals surface area contributed by atoms with E-state index in [9.17, 15) is 9.18 Å². The zero-order valence-corrected chi connectivity index (χ0v) is 16.4. The predicted molar refractivity (Wildman–Crippen MR) is 112 cm³/mol. The monoisotopic (exact) mass is 410 g/mol. The van der Waals surface area contributed by atoms with E-state index >= 15 is 0 Å². The summed E-state index contributed by atoms with van der Waals surface area (Å²) in [4.78, 5) is 12.8. The molecule has 0 aliphatic carbocycles. The highest BCUT2D eigenvalue weighted by Gasteiger charge is 2.12. The summed E-state index contributed by atoms with van der Waals surface area (Å²) in [5, 5.41) is 9.59. The van der Waals surface area contributed by atoms with Crippen molar-refractivity contribution in [3.8, 4) is 28.3 Å². The molecule has 8 heteroatoms. The number of ether oxygens (including phenoxy) is 2. The Bertz CT molecular complexity index is 984. The number of aromatic amines is 1. The van der Waals surface area contributed by atoms with Crippen LogP contribution in [0, 0.1) is 5.82 Å². The van der Waals surface area contributed by atoms with Crippen molar-refractivity contribution in [3.05, 3.63) is 54.3 Å². The van der Waals surface area contributed by atoms with E-state index in [4.69, 9.17) is 9.47 Å². The van der Waals surface area contributed by atoms with Gasteiger partial charge in [-0.05, 0) is 54.1 Å².